The van der Waals surface area contributed by atoms with Gasteiger partial charge in [-0.15, -0.1) is 0 Å². The molecule has 0 saturated heterocycles. The summed E-state index contributed by atoms with van der Waals surface area (Å²) in [4.78, 5) is 9.04. The highest BCUT2D eigenvalue weighted by Crippen LogP contribution is 2.33. The molecule has 0 atom stereocenters. The molecule has 0 bridgehead atoms. The van der Waals surface area contributed by atoms with Crippen LogP contribution in [0.15, 0.2) is 18.2 Å². The van der Waals surface area contributed by atoms with E-state index in [4.69, 9.17) is 4.74 Å². The normalized spacial score (nSPS) is 10.5. The summed E-state index contributed by atoms with van der Waals surface area (Å²) in [7, 11) is 1.57. The molecule has 5 heteroatoms. The van der Waals surface area contributed by atoms with E-state index in [1.54, 1.807) is 13.2 Å². The van der Waals surface area contributed by atoms with Crippen LogP contribution >= 0.6 is 0 Å². The number of rotatable bonds is 5. The largest absolute Gasteiger partial charge is 0.496 e. The smallest absolute Gasteiger partial charge is 0.133 e. The Morgan fingerprint density at radius 2 is 2.00 bits per heavy atom. The third-order valence-electron chi connectivity index (χ3n) is 3.27. The van der Waals surface area contributed by atoms with Crippen LogP contribution in [0.4, 0.5) is 10.2 Å². The number of ether oxygens (including phenoxy) is 1. The molecule has 0 spiro atoms. The van der Waals surface area contributed by atoms with E-state index in [9.17, 15) is 4.39 Å². The molecule has 0 unspecified atom stereocenters. The summed E-state index contributed by atoms with van der Waals surface area (Å²) in [5, 5.41) is 3.23. The first kappa shape index (κ1) is 15.2. The van der Waals surface area contributed by atoms with Gasteiger partial charge in [0.05, 0.1) is 12.8 Å². The van der Waals surface area contributed by atoms with Crippen molar-refractivity contribution in [2.45, 2.75) is 27.2 Å². The van der Waals surface area contributed by atoms with Crippen LogP contribution in [0.3, 0.4) is 0 Å². The van der Waals surface area contributed by atoms with Crippen molar-refractivity contribution in [3.05, 3.63) is 35.4 Å². The minimum atomic E-state index is -0.313. The number of hydrogen-bond acceptors (Lipinski definition) is 4. The highest BCUT2D eigenvalue weighted by Gasteiger charge is 2.16. The second-order valence-corrected chi connectivity index (χ2v) is 4.69. The summed E-state index contributed by atoms with van der Waals surface area (Å²) >= 11 is 0. The zero-order valence-corrected chi connectivity index (χ0v) is 12.8. The summed E-state index contributed by atoms with van der Waals surface area (Å²) in [5.74, 6) is 1.79. The van der Waals surface area contributed by atoms with Crippen molar-refractivity contribution < 1.29 is 9.13 Å². The van der Waals surface area contributed by atoms with Crippen LogP contribution in [-0.4, -0.2) is 23.6 Å². The predicted octanol–water partition coefficient (Wildman–Crippen LogP) is 3.59. The molecular weight excluding hydrogens is 269 g/mol. The van der Waals surface area contributed by atoms with Crippen LogP contribution in [0.2, 0.25) is 0 Å². The molecule has 1 aromatic heterocycles. The van der Waals surface area contributed by atoms with Crippen molar-refractivity contribution in [2.75, 3.05) is 19.0 Å². The molecule has 21 heavy (non-hydrogen) atoms. The van der Waals surface area contributed by atoms with Crippen molar-refractivity contribution in [1.29, 1.82) is 0 Å². The number of anilines is 1. The Labute approximate surface area is 124 Å². The molecule has 0 aliphatic carbocycles. The molecule has 4 nitrogen and oxygen atoms in total. The Hall–Kier alpha value is -2.17. The molecule has 0 aliphatic rings. The topological polar surface area (TPSA) is 47.0 Å². The Morgan fingerprint density at radius 1 is 1.24 bits per heavy atom. The van der Waals surface area contributed by atoms with Gasteiger partial charge in [-0.25, -0.2) is 14.4 Å². The van der Waals surface area contributed by atoms with Crippen molar-refractivity contribution in [3.63, 3.8) is 0 Å². The highest BCUT2D eigenvalue weighted by molar-refractivity contribution is 5.73. The lowest BCUT2D eigenvalue weighted by Gasteiger charge is -2.15. The fraction of sp³-hybridized carbons (Fsp3) is 0.375. The Bertz CT molecular complexity index is 644. The van der Waals surface area contributed by atoms with Gasteiger partial charge in [-0.2, -0.15) is 0 Å². The fourth-order valence-electron chi connectivity index (χ4n) is 2.19. The van der Waals surface area contributed by atoms with Crippen LogP contribution in [0.5, 0.6) is 5.75 Å². The standard InChI is InChI=1S/C16H20FN3O/c1-5-14-19-15(10(3)16(20-14)18-6-2)12-9-11(17)7-8-13(12)21-4/h7-9H,5-6H2,1-4H3,(H,18,19,20). The summed E-state index contributed by atoms with van der Waals surface area (Å²) in [5.41, 5.74) is 2.23. The maximum absolute atomic E-state index is 13.6. The van der Waals surface area contributed by atoms with E-state index in [0.29, 0.717) is 23.4 Å². The average molecular weight is 289 g/mol. The van der Waals surface area contributed by atoms with Crippen LogP contribution < -0.4 is 10.1 Å². The molecule has 1 N–H and O–H groups in total. The van der Waals surface area contributed by atoms with Gasteiger partial charge >= 0.3 is 0 Å². The molecular formula is C16H20FN3O. The second-order valence-electron chi connectivity index (χ2n) is 4.69. The number of nitrogens with zero attached hydrogens (tertiary/aromatic N) is 2. The summed E-state index contributed by atoms with van der Waals surface area (Å²) in [6.07, 6.45) is 0.712. The van der Waals surface area contributed by atoms with E-state index in [1.807, 2.05) is 20.8 Å². The average Bonchev–Trinajstić information content (AvgIpc) is 2.49. The number of hydrogen-bond donors (Lipinski definition) is 1. The summed E-state index contributed by atoms with van der Waals surface area (Å²) < 4.78 is 19.0. The molecule has 2 aromatic rings. The van der Waals surface area contributed by atoms with Gasteiger partial charge in [0.25, 0.3) is 0 Å². The molecule has 0 saturated carbocycles. The van der Waals surface area contributed by atoms with Gasteiger partial charge < -0.3 is 10.1 Å². The minimum Gasteiger partial charge on any atom is -0.496 e. The van der Waals surface area contributed by atoms with Gasteiger partial charge in [0, 0.05) is 24.1 Å². The number of nitrogens with one attached hydrogen (secondary N) is 1. The van der Waals surface area contributed by atoms with Crippen LogP contribution in [-0.2, 0) is 6.42 Å². The molecule has 0 aliphatic heterocycles. The summed E-state index contributed by atoms with van der Waals surface area (Å²) in [6.45, 7) is 6.69. The van der Waals surface area contributed by atoms with Crippen molar-refractivity contribution >= 4 is 5.82 Å². The zero-order chi connectivity index (χ0) is 15.4. The Morgan fingerprint density at radius 3 is 2.62 bits per heavy atom. The lowest BCUT2D eigenvalue weighted by molar-refractivity contribution is 0.415. The first-order chi connectivity index (χ1) is 10.1. The van der Waals surface area contributed by atoms with Gasteiger partial charge in [0.15, 0.2) is 0 Å². The van der Waals surface area contributed by atoms with Gasteiger partial charge in [-0.3, -0.25) is 0 Å². The Balaban J connectivity index is 2.67. The fourth-order valence-corrected chi connectivity index (χ4v) is 2.19. The van der Waals surface area contributed by atoms with E-state index in [-0.39, 0.29) is 5.82 Å². The third kappa shape index (κ3) is 3.12. The monoisotopic (exact) mass is 289 g/mol. The van der Waals surface area contributed by atoms with Crippen LogP contribution in [0.1, 0.15) is 25.2 Å². The predicted molar refractivity (Wildman–Crippen MR) is 82.3 cm³/mol. The van der Waals surface area contributed by atoms with Crippen molar-refractivity contribution in [3.8, 4) is 17.0 Å². The van der Waals surface area contributed by atoms with Gasteiger partial charge in [-0.1, -0.05) is 6.92 Å². The maximum atomic E-state index is 13.6. The van der Waals surface area contributed by atoms with Gasteiger partial charge in [0.2, 0.25) is 0 Å². The zero-order valence-electron chi connectivity index (χ0n) is 12.8. The highest BCUT2D eigenvalue weighted by atomic mass is 19.1. The van der Waals surface area contributed by atoms with Crippen LogP contribution in [0, 0.1) is 12.7 Å². The van der Waals surface area contributed by atoms with Gasteiger partial charge in [0.1, 0.15) is 23.2 Å². The summed E-state index contributed by atoms with van der Waals surface area (Å²) in [6, 6.07) is 4.44. The quantitative estimate of drug-likeness (QED) is 0.913. The number of aryl methyl sites for hydroxylation is 1. The molecule has 2 rings (SSSR count). The molecule has 0 amide bonds. The minimum absolute atomic E-state index is 0.313. The second kappa shape index (κ2) is 6.52. The van der Waals surface area contributed by atoms with E-state index in [0.717, 1.165) is 23.8 Å². The van der Waals surface area contributed by atoms with E-state index in [1.165, 1.54) is 12.1 Å². The van der Waals surface area contributed by atoms with Gasteiger partial charge in [-0.05, 0) is 32.0 Å². The van der Waals surface area contributed by atoms with E-state index in [2.05, 4.69) is 15.3 Å². The first-order valence-electron chi connectivity index (χ1n) is 7.06. The number of benzene rings is 1. The van der Waals surface area contributed by atoms with Crippen molar-refractivity contribution in [2.24, 2.45) is 0 Å². The van der Waals surface area contributed by atoms with Crippen molar-refractivity contribution in [1.82, 2.24) is 9.97 Å². The SMILES string of the molecule is CCNc1nc(CC)nc(-c2cc(F)ccc2OC)c1C. The maximum Gasteiger partial charge on any atom is 0.133 e. The molecule has 0 radical (unpaired) electrons. The molecule has 112 valence electrons. The molecule has 0 fully saturated rings. The van der Waals surface area contributed by atoms with E-state index < -0.39 is 0 Å². The number of methoxy groups -OCH3 is 1. The molecule has 1 heterocycles. The molecule has 1 aromatic carbocycles. The van der Waals surface area contributed by atoms with Crippen LogP contribution in [0.25, 0.3) is 11.3 Å². The lowest BCUT2D eigenvalue weighted by atomic mass is 10.1. The third-order valence-corrected chi connectivity index (χ3v) is 3.27. The Kier molecular flexibility index (Phi) is 4.73. The number of halogens is 1. The van der Waals surface area contributed by atoms with E-state index >= 15 is 0 Å². The lowest BCUT2D eigenvalue weighted by Crippen LogP contribution is -2.08. The first-order valence-corrected chi connectivity index (χ1v) is 7.06. The number of aromatic nitrogens is 2.